The number of amides is 3. The monoisotopic (exact) mass is 877 g/mol. The number of nitrogens with one attached hydrogen (secondary N) is 2. The second-order valence-corrected chi connectivity index (χ2v) is 19.6. The smallest absolute Gasteiger partial charge is 0.262 e. The van der Waals surface area contributed by atoms with Gasteiger partial charge in [-0.25, -0.2) is 4.99 Å². The second-order valence-electron chi connectivity index (χ2n) is 16.9. The lowest BCUT2D eigenvalue weighted by molar-refractivity contribution is -0.125. The Hall–Kier alpha value is -5.07. The van der Waals surface area contributed by atoms with Crippen LogP contribution in [-0.4, -0.2) is 136 Å². The van der Waals surface area contributed by atoms with E-state index in [4.69, 9.17) is 21.3 Å². The summed E-state index contributed by atoms with van der Waals surface area (Å²) in [4.78, 5) is 59.5. The number of imide groups is 1. The van der Waals surface area contributed by atoms with E-state index in [1.54, 1.807) is 13.2 Å². The molecule has 13 nitrogen and oxygen atoms in total. The molecule has 0 aliphatic carbocycles. The number of amidine groups is 1. The van der Waals surface area contributed by atoms with Crippen molar-refractivity contribution in [3.05, 3.63) is 95.3 Å². The van der Waals surface area contributed by atoms with Crippen molar-refractivity contribution < 1.29 is 19.1 Å². The predicted octanol–water partition coefficient (Wildman–Crippen LogP) is 6.63. The molecule has 5 aliphatic heterocycles. The maximum atomic E-state index is 13.5. The molecular weight excluding hydrogens is 821 g/mol. The number of para-hydroxylation sites is 1. The number of anilines is 3. The second kappa shape index (κ2) is 19.1. The molecule has 0 radical (unpaired) electrons. The van der Waals surface area contributed by atoms with Crippen LogP contribution in [0.2, 0.25) is 0 Å². The highest BCUT2D eigenvalue weighted by Gasteiger charge is 2.44. The van der Waals surface area contributed by atoms with Gasteiger partial charge in [-0.05, 0) is 100 Å². The van der Waals surface area contributed by atoms with E-state index in [2.05, 4.69) is 80.1 Å². The molecular formula is C47H57ClN9O4P. The topological polar surface area (TPSA) is 125 Å². The molecule has 5 heterocycles. The third-order valence-electron chi connectivity index (χ3n) is 13.0. The van der Waals surface area contributed by atoms with Crippen LogP contribution in [0.15, 0.2) is 94.2 Å². The van der Waals surface area contributed by atoms with Gasteiger partial charge in [-0.1, -0.05) is 44.3 Å². The number of hydrogen-bond acceptors (Lipinski definition) is 10. The summed E-state index contributed by atoms with van der Waals surface area (Å²) < 4.78 is 5.88. The number of carbonyl (C=O) groups excluding carboxylic acids is 3. The lowest BCUT2D eigenvalue weighted by Gasteiger charge is -2.46. The Morgan fingerprint density at radius 2 is 1.42 bits per heavy atom. The number of hydrogen-bond donors (Lipinski definition) is 2. The largest absolute Gasteiger partial charge is 0.494 e. The molecule has 8 rings (SSSR count). The van der Waals surface area contributed by atoms with Gasteiger partial charge in [0.1, 0.15) is 22.5 Å². The Bertz CT molecular complexity index is 2280. The van der Waals surface area contributed by atoms with E-state index in [9.17, 15) is 14.4 Å². The molecule has 3 amide bonds. The number of halogens is 1. The number of carbonyl (C=O) groups is 3. The van der Waals surface area contributed by atoms with Gasteiger partial charge in [0, 0.05) is 99.5 Å². The van der Waals surface area contributed by atoms with E-state index in [1.807, 2.05) is 36.4 Å². The highest BCUT2D eigenvalue weighted by atomic mass is 35.5. The van der Waals surface area contributed by atoms with Crippen LogP contribution in [0.1, 0.15) is 59.2 Å². The lowest BCUT2D eigenvalue weighted by atomic mass is 9.99. The number of methoxy groups -OCH3 is 1. The van der Waals surface area contributed by atoms with E-state index in [1.165, 1.54) is 11.5 Å². The molecule has 326 valence electrons. The van der Waals surface area contributed by atoms with Crippen LogP contribution < -0.4 is 30.5 Å². The normalized spacial score (nSPS) is 21.4. The van der Waals surface area contributed by atoms with Crippen LogP contribution >= 0.6 is 19.5 Å². The first-order valence-corrected chi connectivity index (χ1v) is 24.2. The third-order valence-corrected chi connectivity index (χ3v) is 14.7. The van der Waals surface area contributed by atoms with Gasteiger partial charge < -0.3 is 25.2 Å². The number of benzene rings is 3. The van der Waals surface area contributed by atoms with Crippen LogP contribution in [0.4, 0.5) is 22.7 Å². The zero-order chi connectivity index (χ0) is 43.5. The number of nitrogens with zero attached hydrogens (tertiary/aromatic N) is 7. The third kappa shape index (κ3) is 9.18. The Morgan fingerprint density at radius 3 is 2.02 bits per heavy atom. The van der Waals surface area contributed by atoms with Gasteiger partial charge in [0.05, 0.1) is 18.2 Å². The predicted molar refractivity (Wildman–Crippen MR) is 253 cm³/mol. The van der Waals surface area contributed by atoms with Crippen molar-refractivity contribution in [1.82, 2.24) is 20.0 Å². The summed E-state index contributed by atoms with van der Waals surface area (Å²) in [6, 6.07) is 20.2. The van der Waals surface area contributed by atoms with Gasteiger partial charge in [0.2, 0.25) is 5.91 Å². The van der Waals surface area contributed by atoms with Gasteiger partial charge in [0.15, 0.2) is 5.84 Å². The molecule has 0 saturated carbocycles. The Kier molecular flexibility index (Phi) is 13.4. The summed E-state index contributed by atoms with van der Waals surface area (Å²) in [5.41, 5.74) is 5.08. The minimum Gasteiger partial charge on any atom is -0.494 e. The Labute approximate surface area is 371 Å². The lowest BCUT2D eigenvalue weighted by Crippen LogP contribution is -2.56. The fourth-order valence-electron chi connectivity index (χ4n) is 9.64. The molecule has 4 saturated heterocycles. The van der Waals surface area contributed by atoms with Crippen molar-refractivity contribution >= 4 is 77.9 Å². The van der Waals surface area contributed by atoms with Gasteiger partial charge >= 0.3 is 0 Å². The van der Waals surface area contributed by atoms with Crippen molar-refractivity contribution in [1.29, 1.82) is 0 Å². The van der Waals surface area contributed by atoms with E-state index >= 15 is 0 Å². The number of fused-ring (bicyclic) bond motifs is 1. The van der Waals surface area contributed by atoms with Gasteiger partial charge in [0.25, 0.3) is 11.8 Å². The first-order chi connectivity index (χ1) is 30.0. The summed E-state index contributed by atoms with van der Waals surface area (Å²) in [5, 5.41) is 7.73. The highest BCUT2D eigenvalue weighted by Crippen LogP contribution is 2.36. The van der Waals surface area contributed by atoms with Crippen molar-refractivity contribution in [3.63, 3.8) is 0 Å². The molecule has 1 atom stereocenters. The molecule has 0 aromatic heterocycles. The zero-order valence-corrected chi connectivity index (χ0v) is 37.6. The van der Waals surface area contributed by atoms with Crippen molar-refractivity contribution in [2.24, 2.45) is 9.98 Å². The summed E-state index contributed by atoms with van der Waals surface area (Å²) in [5.74, 6) is 0.0216. The first kappa shape index (κ1) is 43.6. The molecule has 2 N–H and O–H groups in total. The number of piperidine rings is 3. The molecule has 0 spiro atoms. The van der Waals surface area contributed by atoms with Crippen molar-refractivity contribution in [3.8, 4) is 5.75 Å². The van der Waals surface area contributed by atoms with E-state index in [-0.39, 0.29) is 19.7 Å². The molecule has 3 aromatic rings. The van der Waals surface area contributed by atoms with E-state index in [0.29, 0.717) is 64.1 Å². The maximum Gasteiger partial charge on any atom is 0.262 e. The van der Waals surface area contributed by atoms with Gasteiger partial charge in [-0.3, -0.25) is 34.1 Å². The fraction of sp³-hybridized carbons (Fsp3) is 0.426. The van der Waals surface area contributed by atoms with Crippen LogP contribution in [0.3, 0.4) is 0 Å². The SMILES string of the molecule is C=N/C=C(/Cl)C(=Nc1ccc(N2CCC(N3CCN(C4CCN(c5ccc6c(c5)C(=O)N(C5CCC(=C)NC5=O)C6=O)CC4)CC3)CC2)cc1OC)Nc1ccccc1P(C)C. The number of ether oxygens (including phenoxy) is 1. The summed E-state index contributed by atoms with van der Waals surface area (Å²) in [7, 11) is 1.32. The number of rotatable bonds is 11. The summed E-state index contributed by atoms with van der Waals surface area (Å²) in [6.45, 7) is 19.9. The highest BCUT2D eigenvalue weighted by molar-refractivity contribution is 7.64. The molecule has 3 aromatic carbocycles. The minimum atomic E-state index is -0.804. The standard InChI is InChI=1S/C47H57ClN9O4P/c1-31-10-15-41(45(58)50-31)57-46(59)36-13-11-34(28-37(36)47(57)60)53-20-16-32(17-21-53)55-24-26-56(27-25-55)33-18-22-54(23-19-33)35-12-14-39(42(29-35)61-3)51-44(38(48)30-49-2)52-40-8-6-7-9-43(40)62(4)5/h6-9,11-14,28-30,32-33,41H,1-2,10,15-27H2,3-5H3,(H,50,58)(H,51,52)/b38-30+. The van der Waals surface area contributed by atoms with Crippen LogP contribution in [0.5, 0.6) is 5.75 Å². The quantitative estimate of drug-likeness (QED) is 0.0946. The van der Waals surface area contributed by atoms with Crippen LogP contribution in [0.25, 0.3) is 0 Å². The number of allylic oxidation sites excluding steroid dienone is 1. The molecule has 15 heteroatoms. The number of aliphatic imine (C=N–C) groups is 2. The van der Waals surface area contributed by atoms with Crippen LogP contribution in [0, 0.1) is 0 Å². The first-order valence-electron chi connectivity index (χ1n) is 21.6. The van der Waals surface area contributed by atoms with Crippen LogP contribution in [-0.2, 0) is 4.79 Å². The molecule has 0 bridgehead atoms. The summed E-state index contributed by atoms with van der Waals surface area (Å²) in [6.07, 6.45) is 6.75. The van der Waals surface area contributed by atoms with Gasteiger partial charge in [-0.15, -0.1) is 0 Å². The average Bonchev–Trinajstić information content (AvgIpc) is 3.54. The van der Waals surface area contributed by atoms with E-state index < -0.39 is 11.9 Å². The Morgan fingerprint density at radius 1 is 0.823 bits per heavy atom. The molecule has 1 unspecified atom stereocenters. The number of piperazine rings is 1. The van der Waals surface area contributed by atoms with Gasteiger partial charge in [-0.2, -0.15) is 0 Å². The fourth-order valence-corrected chi connectivity index (χ4v) is 10.8. The van der Waals surface area contributed by atoms with Crippen molar-refractivity contribution in [2.45, 2.75) is 56.7 Å². The zero-order valence-electron chi connectivity index (χ0n) is 36.0. The average molecular weight is 878 g/mol. The summed E-state index contributed by atoms with van der Waals surface area (Å²) >= 11 is 6.68. The maximum absolute atomic E-state index is 13.5. The molecule has 4 fully saturated rings. The van der Waals surface area contributed by atoms with Crippen molar-refractivity contribution in [2.75, 3.05) is 87.9 Å². The Balaban J connectivity index is 0.821. The molecule has 62 heavy (non-hydrogen) atoms. The molecule has 5 aliphatic rings. The van der Waals surface area contributed by atoms with E-state index in [0.717, 1.165) is 100 Å². The minimum absolute atomic E-state index is 0.346.